The Kier molecular flexibility index (Phi) is 2.39. The van der Waals surface area contributed by atoms with Gasteiger partial charge >= 0.3 is 0 Å². The molecule has 0 heterocycles. The van der Waals surface area contributed by atoms with Gasteiger partial charge < -0.3 is 5.73 Å². The van der Waals surface area contributed by atoms with E-state index in [1.807, 2.05) is 13.0 Å². The maximum Gasteiger partial charge on any atom is 0.126 e. The molecule has 0 aliphatic heterocycles. The molecule has 0 bridgehead atoms. The summed E-state index contributed by atoms with van der Waals surface area (Å²) >= 11 is 0. The second-order valence-corrected chi connectivity index (χ2v) is 5.68. The fourth-order valence-electron chi connectivity index (χ4n) is 2.75. The number of fused-ring (bicyclic) bond motifs is 1. The monoisotopic (exact) mass is 221 g/mol. The Bertz CT molecular complexity index is 433. The van der Waals surface area contributed by atoms with Crippen LogP contribution in [0.4, 0.5) is 4.39 Å². The number of rotatable bonds is 1. The van der Waals surface area contributed by atoms with E-state index in [2.05, 4.69) is 20.8 Å². The third-order valence-corrected chi connectivity index (χ3v) is 4.27. The predicted molar refractivity (Wildman–Crippen MR) is 64.8 cm³/mol. The van der Waals surface area contributed by atoms with Crippen LogP contribution < -0.4 is 5.73 Å². The van der Waals surface area contributed by atoms with Crippen molar-refractivity contribution in [3.63, 3.8) is 0 Å². The van der Waals surface area contributed by atoms with Gasteiger partial charge in [0, 0.05) is 5.54 Å². The van der Waals surface area contributed by atoms with E-state index in [0.717, 1.165) is 24.0 Å². The van der Waals surface area contributed by atoms with Gasteiger partial charge in [-0.15, -0.1) is 0 Å². The molecule has 88 valence electrons. The molecule has 16 heavy (non-hydrogen) atoms. The van der Waals surface area contributed by atoms with Gasteiger partial charge in [-0.05, 0) is 47.9 Å². The zero-order valence-corrected chi connectivity index (χ0v) is 10.5. The van der Waals surface area contributed by atoms with E-state index in [-0.39, 0.29) is 11.2 Å². The van der Waals surface area contributed by atoms with E-state index in [4.69, 9.17) is 5.73 Å². The molecule has 1 aromatic carbocycles. The first kappa shape index (κ1) is 11.6. The summed E-state index contributed by atoms with van der Waals surface area (Å²) in [5, 5.41) is 0. The van der Waals surface area contributed by atoms with Crippen LogP contribution in [0.2, 0.25) is 0 Å². The average Bonchev–Trinajstić information content (AvgIpc) is 2.37. The van der Waals surface area contributed by atoms with Crippen LogP contribution in [0, 0.1) is 11.2 Å². The van der Waals surface area contributed by atoms with Crippen LogP contribution >= 0.6 is 0 Å². The lowest BCUT2D eigenvalue weighted by Gasteiger charge is -2.36. The van der Waals surface area contributed by atoms with Crippen LogP contribution in [-0.4, -0.2) is 0 Å². The highest BCUT2D eigenvalue weighted by Crippen LogP contribution is 2.50. The quantitative estimate of drug-likeness (QED) is 0.774. The molecule has 0 fully saturated rings. The molecule has 1 atom stereocenters. The molecule has 1 aliphatic carbocycles. The van der Waals surface area contributed by atoms with E-state index < -0.39 is 5.54 Å². The van der Waals surface area contributed by atoms with E-state index >= 15 is 0 Å². The molecule has 1 unspecified atom stereocenters. The summed E-state index contributed by atoms with van der Waals surface area (Å²) in [6.45, 7) is 8.35. The smallest absolute Gasteiger partial charge is 0.126 e. The molecule has 2 N–H and O–H groups in total. The van der Waals surface area contributed by atoms with Gasteiger partial charge in [0.1, 0.15) is 5.82 Å². The van der Waals surface area contributed by atoms with Crippen molar-refractivity contribution >= 4 is 0 Å². The van der Waals surface area contributed by atoms with Crippen molar-refractivity contribution in [3.8, 4) is 0 Å². The second-order valence-electron chi connectivity index (χ2n) is 5.68. The van der Waals surface area contributed by atoms with Crippen molar-refractivity contribution in [1.82, 2.24) is 0 Å². The summed E-state index contributed by atoms with van der Waals surface area (Å²) in [5.41, 5.74) is 8.99. The van der Waals surface area contributed by atoms with E-state index in [9.17, 15) is 4.39 Å². The molecular weight excluding hydrogens is 201 g/mol. The molecule has 0 spiro atoms. The first-order valence-electron chi connectivity index (χ1n) is 5.91. The first-order valence-corrected chi connectivity index (χ1v) is 5.91. The normalized spacial score (nSPS) is 26.9. The van der Waals surface area contributed by atoms with Crippen LogP contribution in [-0.2, 0) is 18.4 Å². The largest absolute Gasteiger partial charge is 0.321 e. The summed E-state index contributed by atoms with van der Waals surface area (Å²) in [6, 6.07) is 3.45. The van der Waals surface area contributed by atoms with Gasteiger partial charge in [0.2, 0.25) is 0 Å². The maximum atomic E-state index is 13.8. The van der Waals surface area contributed by atoms with Crippen LogP contribution in [0.1, 0.15) is 44.4 Å². The Balaban J connectivity index is 2.72. The van der Waals surface area contributed by atoms with Crippen LogP contribution in [0.5, 0.6) is 0 Å². The summed E-state index contributed by atoms with van der Waals surface area (Å²) in [6.07, 6.45) is 1.64. The van der Waals surface area contributed by atoms with Crippen molar-refractivity contribution in [1.29, 1.82) is 0 Å². The third kappa shape index (κ3) is 1.32. The van der Waals surface area contributed by atoms with Gasteiger partial charge in [-0.25, -0.2) is 4.39 Å². The molecule has 0 amide bonds. The Morgan fingerprint density at radius 2 is 1.94 bits per heavy atom. The van der Waals surface area contributed by atoms with Crippen molar-refractivity contribution in [3.05, 3.63) is 34.6 Å². The number of hydrogen-bond acceptors (Lipinski definition) is 1. The van der Waals surface area contributed by atoms with Gasteiger partial charge in [0.05, 0.1) is 0 Å². The minimum Gasteiger partial charge on any atom is -0.321 e. The van der Waals surface area contributed by atoms with E-state index in [0.29, 0.717) is 0 Å². The van der Waals surface area contributed by atoms with Crippen molar-refractivity contribution in [2.75, 3.05) is 0 Å². The minimum absolute atomic E-state index is 0.0819. The molecule has 1 nitrogen and oxygen atoms in total. The topological polar surface area (TPSA) is 26.0 Å². The van der Waals surface area contributed by atoms with E-state index in [1.54, 1.807) is 6.07 Å². The number of halogens is 1. The highest BCUT2D eigenvalue weighted by Gasteiger charge is 2.48. The molecule has 0 saturated carbocycles. The van der Waals surface area contributed by atoms with Gasteiger partial charge in [0.15, 0.2) is 0 Å². The molecule has 1 aliphatic rings. The molecule has 2 rings (SSSR count). The van der Waals surface area contributed by atoms with Crippen LogP contribution in [0.15, 0.2) is 12.1 Å². The summed E-state index contributed by atoms with van der Waals surface area (Å²) in [4.78, 5) is 0. The maximum absolute atomic E-state index is 13.8. The number of nitrogens with two attached hydrogens (primary N) is 1. The summed E-state index contributed by atoms with van der Waals surface area (Å²) in [5.74, 6) is -0.102. The summed E-state index contributed by atoms with van der Waals surface area (Å²) in [7, 11) is 0. The summed E-state index contributed by atoms with van der Waals surface area (Å²) < 4.78 is 13.8. The fraction of sp³-hybridized carbons (Fsp3) is 0.571. The van der Waals surface area contributed by atoms with Gasteiger partial charge in [0.25, 0.3) is 0 Å². The lowest BCUT2D eigenvalue weighted by atomic mass is 9.74. The Morgan fingerprint density at radius 3 is 2.50 bits per heavy atom. The molecule has 0 radical (unpaired) electrons. The second kappa shape index (κ2) is 3.30. The van der Waals surface area contributed by atoms with Crippen molar-refractivity contribution < 1.29 is 4.39 Å². The van der Waals surface area contributed by atoms with Gasteiger partial charge in [-0.1, -0.05) is 26.8 Å². The SMILES string of the molecule is CCc1ccc(F)c2c1C(C)(N)C(C)(C)C2. The molecule has 0 aromatic heterocycles. The zero-order valence-electron chi connectivity index (χ0n) is 10.5. The molecular formula is C14H20FN. The minimum atomic E-state index is -0.435. The lowest BCUT2D eigenvalue weighted by Crippen LogP contribution is -2.44. The van der Waals surface area contributed by atoms with Crippen LogP contribution in [0.25, 0.3) is 0 Å². The third-order valence-electron chi connectivity index (χ3n) is 4.27. The standard InChI is InChI=1S/C14H20FN/c1-5-9-6-7-11(15)10-8-13(2,3)14(4,16)12(9)10/h6-7H,5,8,16H2,1-4H3. The lowest BCUT2D eigenvalue weighted by molar-refractivity contribution is 0.210. The fourth-order valence-corrected chi connectivity index (χ4v) is 2.75. The van der Waals surface area contributed by atoms with Gasteiger partial charge in [-0.2, -0.15) is 0 Å². The van der Waals surface area contributed by atoms with Crippen LogP contribution in [0.3, 0.4) is 0 Å². The van der Waals surface area contributed by atoms with Crippen molar-refractivity contribution in [2.45, 2.75) is 46.1 Å². The van der Waals surface area contributed by atoms with Gasteiger partial charge in [-0.3, -0.25) is 0 Å². The Labute approximate surface area is 96.9 Å². The van der Waals surface area contributed by atoms with E-state index in [1.165, 1.54) is 5.56 Å². The number of hydrogen-bond donors (Lipinski definition) is 1. The Morgan fingerprint density at radius 1 is 1.31 bits per heavy atom. The van der Waals surface area contributed by atoms with Crippen molar-refractivity contribution in [2.24, 2.45) is 11.1 Å². The molecule has 0 saturated heterocycles. The highest BCUT2D eigenvalue weighted by atomic mass is 19.1. The number of benzene rings is 1. The Hall–Kier alpha value is -0.890. The molecule has 2 heteroatoms. The number of aryl methyl sites for hydroxylation is 1. The molecule has 1 aromatic rings. The zero-order chi connectivity index (χ0) is 12.1. The predicted octanol–water partition coefficient (Wildman–Crippen LogP) is 3.14. The highest BCUT2D eigenvalue weighted by molar-refractivity contribution is 5.47. The first-order chi connectivity index (χ1) is 7.31. The average molecular weight is 221 g/mol.